The molecule has 0 aliphatic carbocycles. The van der Waals surface area contributed by atoms with Crippen LogP contribution in [0.4, 0.5) is 11.4 Å². The second-order valence-electron chi connectivity index (χ2n) is 8.27. The summed E-state index contributed by atoms with van der Waals surface area (Å²) < 4.78 is 6.03. The van der Waals surface area contributed by atoms with Gasteiger partial charge in [0.2, 0.25) is 5.91 Å². The predicted molar refractivity (Wildman–Crippen MR) is 118 cm³/mol. The zero-order valence-electron chi connectivity index (χ0n) is 17.6. The highest BCUT2D eigenvalue weighted by Crippen LogP contribution is 2.46. The third-order valence-corrected chi connectivity index (χ3v) is 6.07. The number of fused-ring (bicyclic) bond motifs is 3. The van der Waals surface area contributed by atoms with Crippen LogP contribution in [-0.2, 0) is 9.53 Å². The number of carbonyl (C=O) groups excluding carboxylic acids is 2. The van der Waals surface area contributed by atoms with Gasteiger partial charge in [-0.15, -0.1) is 0 Å². The molecule has 2 aliphatic rings. The van der Waals surface area contributed by atoms with Crippen molar-refractivity contribution in [1.29, 1.82) is 5.26 Å². The van der Waals surface area contributed by atoms with Crippen molar-refractivity contribution in [3.8, 4) is 6.07 Å². The first-order chi connectivity index (χ1) is 15.0. The minimum atomic E-state index is -0.148. The molecular weight excluding hydrogens is 392 g/mol. The summed E-state index contributed by atoms with van der Waals surface area (Å²) in [7, 11) is 0. The van der Waals surface area contributed by atoms with E-state index in [1.54, 1.807) is 24.3 Å². The van der Waals surface area contributed by atoms with Crippen LogP contribution in [0.15, 0.2) is 42.5 Å². The van der Waals surface area contributed by atoms with Gasteiger partial charge in [0.25, 0.3) is 5.91 Å². The van der Waals surface area contributed by atoms with E-state index in [0.29, 0.717) is 35.9 Å². The van der Waals surface area contributed by atoms with E-state index in [9.17, 15) is 14.9 Å². The van der Waals surface area contributed by atoms with Gasteiger partial charge in [0.15, 0.2) is 0 Å². The molecule has 4 unspecified atom stereocenters. The smallest absolute Gasteiger partial charge is 0.251 e. The van der Waals surface area contributed by atoms with E-state index < -0.39 is 0 Å². The number of carbonyl (C=O) groups is 2. The lowest BCUT2D eigenvalue weighted by molar-refractivity contribution is -0.114. The summed E-state index contributed by atoms with van der Waals surface area (Å²) in [6.07, 6.45) is 0.926. The van der Waals surface area contributed by atoms with Gasteiger partial charge >= 0.3 is 0 Å². The minimum absolute atomic E-state index is 0.0194. The van der Waals surface area contributed by atoms with Gasteiger partial charge < -0.3 is 20.7 Å². The van der Waals surface area contributed by atoms with E-state index >= 15 is 0 Å². The fourth-order valence-electron chi connectivity index (χ4n) is 4.54. The molecule has 1 fully saturated rings. The van der Waals surface area contributed by atoms with Crippen LogP contribution >= 0.6 is 0 Å². The van der Waals surface area contributed by atoms with Gasteiger partial charge in [-0.3, -0.25) is 9.59 Å². The molecule has 7 nitrogen and oxygen atoms in total. The number of nitrogens with zero attached hydrogens (tertiary/aromatic N) is 1. The zero-order chi connectivity index (χ0) is 22.0. The highest BCUT2D eigenvalue weighted by molar-refractivity contribution is 5.95. The van der Waals surface area contributed by atoms with Crippen molar-refractivity contribution in [2.45, 2.75) is 32.4 Å². The Hall–Kier alpha value is -3.37. The summed E-state index contributed by atoms with van der Waals surface area (Å²) >= 11 is 0. The number of hydrogen-bond acceptors (Lipinski definition) is 5. The van der Waals surface area contributed by atoms with Crippen LogP contribution in [0, 0.1) is 23.2 Å². The molecule has 2 aromatic rings. The number of nitrogens with one attached hydrogen (secondary N) is 3. The fraction of sp³-hybridized carbons (Fsp3) is 0.375. The summed E-state index contributed by atoms with van der Waals surface area (Å²) in [5.74, 6) is 0.187. The van der Waals surface area contributed by atoms with E-state index in [4.69, 9.17) is 4.74 Å². The quantitative estimate of drug-likeness (QED) is 0.690. The maximum Gasteiger partial charge on any atom is 0.251 e. The lowest BCUT2D eigenvalue weighted by Gasteiger charge is -2.39. The number of hydrogen-bond donors (Lipinski definition) is 3. The number of nitriles is 1. The molecule has 31 heavy (non-hydrogen) atoms. The SMILES string of the molecule is CC(=O)Nc1ccc(C(=O)NCC(C)C2Nc3ccc(C#N)cc3C3OCCC32)cc1. The summed E-state index contributed by atoms with van der Waals surface area (Å²) in [6.45, 7) is 4.80. The molecule has 0 spiro atoms. The van der Waals surface area contributed by atoms with Crippen molar-refractivity contribution >= 4 is 23.2 Å². The van der Waals surface area contributed by atoms with Crippen LogP contribution in [0.2, 0.25) is 0 Å². The zero-order valence-corrected chi connectivity index (χ0v) is 17.6. The van der Waals surface area contributed by atoms with E-state index in [-0.39, 0.29) is 29.9 Å². The summed E-state index contributed by atoms with van der Waals surface area (Å²) in [4.78, 5) is 23.7. The van der Waals surface area contributed by atoms with Crippen molar-refractivity contribution in [2.75, 3.05) is 23.8 Å². The number of rotatable bonds is 5. The molecule has 2 aliphatic heterocycles. The lowest BCUT2D eigenvalue weighted by atomic mass is 9.78. The minimum Gasteiger partial charge on any atom is -0.381 e. The first-order valence-electron chi connectivity index (χ1n) is 10.5. The molecule has 160 valence electrons. The van der Waals surface area contributed by atoms with E-state index in [1.165, 1.54) is 6.92 Å². The van der Waals surface area contributed by atoms with Crippen molar-refractivity contribution in [2.24, 2.45) is 11.8 Å². The summed E-state index contributed by atoms with van der Waals surface area (Å²) in [5.41, 5.74) is 3.90. The van der Waals surface area contributed by atoms with Crippen LogP contribution in [0.3, 0.4) is 0 Å². The maximum absolute atomic E-state index is 12.6. The molecule has 2 heterocycles. The number of benzene rings is 2. The third kappa shape index (κ3) is 4.39. The van der Waals surface area contributed by atoms with Gasteiger partial charge in [0.1, 0.15) is 0 Å². The second kappa shape index (κ2) is 8.78. The third-order valence-electron chi connectivity index (χ3n) is 6.07. The first-order valence-corrected chi connectivity index (χ1v) is 10.5. The van der Waals surface area contributed by atoms with Gasteiger partial charge in [-0.2, -0.15) is 5.26 Å². The molecule has 0 saturated carbocycles. The van der Waals surface area contributed by atoms with Crippen molar-refractivity contribution in [3.63, 3.8) is 0 Å². The van der Waals surface area contributed by atoms with Crippen molar-refractivity contribution in [3.05, 3.63) is 59.2 Å². The van der Waals surface area contributed by atoms with Crippen LogP contribution < -0.4 is 16.0 Å². The van der Waals surface area contributed by atoms with E-state index in [1.807, 2.05) is 18.2 Å². The molecule has 4 rings (SSSR count). The Balaban J connectivity index is 1.41. The van der Waals surface area contributed by atoms with Gasteiger partial charge in [-0.05, 0) is 54.8 Å². The molecule has 1 saturated heterocycles. The van der Waals surface area contributed by atoms with Crippen LogP contribution in [0.5, 0.6) is 0 Å². The summed E-state index contributed by atoms with van der Waals surface area (Å²) in [5, 5.41) is 18.6. The molecule has 7 heteroatoms. The maximum atomic E-state index is 12.6. The number of ether oxygens (including phenoxy) is 1. The highest BCUT2D eigenvalue weighted by atomic mass is 16.5. The Morgan fingerprint density at radius 2 is 2.03 bits per heavy atom. The predicted octanol–water partition coefficient (Wildman–Crippen LogP) is 3.45. The average Bonchev–Trinajstić information content (AvgIpc) is 3.26. The Kier molecular flexibility index (Phi) is 5.92. The van der Waals surface area contributed by atoms with Crippen LogP contribution in [-0.4, -0.2) is 31.0 Å². The van der Waals surface area contributed by atoms with E-state index in [2.05, 4.69) is 28.9 Å². The number of amides is 2. The molecule has 2 amide bonds. The van der Waals surface area contributed by atoms with Crippen LogP contribution in [0.1, 0.15) is 47.9 Å². The monoisotopic (exact) mass is 418 g/mol. The normalized spacial score (nSPS) is 22.3. The topological polar surface area (TPSA) is 103 Å². The Morgan fingerprint density at radius 3 is 2.74 bits per heavy atom. The Labute approximate surface area is 181 Å². The molecule has 0 aromatic heterocycles. The highest BCUT2D eigenvalue weighted by Gasteiger charge is 2.42. The Morgan fingerprint density at radius 1 is 1.26 bits per heavy atom. The van der Waals surface area contributed by atoms with Crippen molar-refractivity contribution in [1.82, 2.24) is 5.32 Å². The van der Waals surface area contributed by atoms with Crippen LogP contribution in [0.25, 0.3) is 0 Å². The largest absolute Gasteiger partial charge is 0.381 e. The molecular formula is C24H26N4O3. The van der Waals surface area contributed by atoms with Crippen molar-refractivity contribution < 1.29 is 14.3 Å². The van der Waals surface area contributed by atoms with Gasteiger partial charge in [0, 0.05) is 54.5 Å². The second-order valence-corrected chi connectivity index (χ2v) is 8.27. The summed E-state index contributed by atoms with van der Waals surface area (Å²) in [6, 6.07) is 14.9. The average molecular weight is 418 g/mol. The number of anilines is 2. The Bertz CT molecular complexity index is 1030. The molecule has 4 atom stereocenters. The standard InChI is InChI=1S/C24H26N4O3/c1-14(13-26-24(30)17-4-6-18(7-5-17)27-15(2)29)22-19-9-10-31-23(19)20-11-16(12-25)3-8-21(20)28-22/h3-8,11,14,19,22-23,28H,9-10,13H2,1-2H3,(H,26,30)(H,27,29). The molecule has 0 radical (unpaired) electrons. The van der Waals surface area contributed by atoms with Gasteiger partial charge in [0.05, 0.1) is 17.7 Å². The van der Waals surface area contributed by atoms with Gasteiger partial charge in [-0.1, -0.05) is 6.92 Å². The molecule has 3 N–H and O–H groups in total. The first kappa shape index (κ1) is 20.9. The molecule has 2 aromatic carbocycles. The molecule has 0 bridgehead atoms. The lowest BCUT2D eigenvalue weighted by Crippen LogP contribution is -2.44. The fourth-order valence-corrected chi connectivity index (χ4v) is 4.54. The van der Waals surface area contributed by atoms with Gasteiger partial charge in [-0.25, -0.2) is 0 Å². The van der Waals surface area contributed by atoms with E-state index in [0.717, 1.165) is 17.7 Å².